The lowest BCUT2D eigenvalue weighted by Gasteiger charge is -2.31. The molecule has 2 nitrogen and oxygen atoms in total. The third-order valence-corrected chi connectivity index (χ3v) is 5.22. The van der Waals surface area contributed by atoms with Crippen molar-refractivity contribution in [2.75, 3.05) is 23.3 Å². The van der Waals surface area contributed by atoms with Crippen LogP contribution >= 0.6 is 0 Å². The smallest absolute Gasteiger partial charge is 0.0602 e. The zero-order valence-electron chi connectivity index (χ0n) is 13.5. The Bertz CT molecular complexity index is 437. The molecular formula is C19H30N2. The van der Waals surface area contributed by atoms with E-state index in [4.69, 9.17) is 0 Å². The average Bonchev–Trinajstić information content (AvgIpc) is 2.73. The number of hydrogen-bond acceptors (Lipinski definition) is 2. The number of nitrogens with one attached hydrogen (secondary N) is 1. The number of nitrogens with zero attached hydrogens (tertiary/aromatic N) is 1. The van der Waals surface area contributed by atoms with Gasteiger partial charge in [-0.3, -0.25) is 0 Å². The summed E-state index contributed by atoms with van der Waals surface area (Å²) in [5.74, 6) is 0.911. The van der Waals surface area contributed by atoms with Crippen LogP contribution in [-0.2, 0) is 0 Å². The van der Waals surface area contributed by atoms with Crippen LogP contribution in [0.15, 0.2) is 24.3 Å². The van der Waals surface area contributed by atoms with E-state index in [2.05, 4.69) is 41.4 Å². The summed E-state index contributed by atoms with van der Waals surface area (Å²) in [6.07, 6.45) is 10.9. The van der Waals surface area contributed by atoms with Crippen LogP contribution in [-0.4, -0.2) is 19.1 Å². The van der Waals surface area contributed by atoms with Gasteiger partial charge in [0.25, 0.3) is 0 Å². The van der Waals surface area contributed by atoms with Crippen molar-refractivity contribution in [1.82, 2.24) is 0 Å². The molecule has 0 aromatic heterocycles. The number of benzene rings is 1. The van der Waals surface area contributed by atoms with Crippen molar-refractivity contribution in [3.8, 4) is 0 Å². The SMILES string of the molecule is CC1CCCC(Nc2ccccc2N2CCCCC2)CC1. The van der Waals surface area contributed by atoms with Crippen molar-refractivity contribution >= 4 is 11.4 Å². The topological polar surface area (TPSA) is 15.3 Å². The summed E-state index contributed by atoms with van der Waals surface area (Å²) in [6, 6.07) is 9.60. The maximum Gasteiger partial charge on any atom is 0.0602 e. The van der Waals surface area contributed by atoms with Crippen molar-refractivity contribution in [2.24, 2.45) is 5.92 Å². The molecule has 1 aliphatic heterocycles. The van der Waals surface area contributed by atoms with Crippen molar-refractivity contribution in [1.29, 1.82) is 0 Å². The lowest BCUT2D eigenvalue weighted by Crippen LogP contribution is -2.30. The first-order valence-electron chi connectivity index (χ1n) is 8.93. The molecule has 1 aromatic carbocycles. The summed E-state index contributed by atoms with van der Waals surface area (Å²) >= 11 is 0. The van der Waals surface area contributed by atoms with Gasteiger partial charge in [-0.15, -0.1) is 0 Å². The van der Waals surface area contributed by atoms with Gasteiger partial charge in [-0.2, -0.15) is 0 Å². The summed E-state index contributed by atoms with van der Waals surface area (Å²) in [5, 5.41) is 3.87. The summed E-state index contributed by atoms with van der Waals surface area (Å²) in [4.78, 5) is 2.57. The number of rotatable bonds is 3. The van der Waals surface area contributed by atoms with E-state index in [1.54, 1.807) is 0 Å². The van der Waals surface area contributed by atoms with Crippen LogP contribution in [0.3, 0.4) is 0 Å². The van der Waals surface area contributed by atoms with Gasteiger partial charge < -0.3 is 10.2 Å². The standard InChI is InChI=1S/C19H30N2/c1-16-8-7-9-17(13-12-16)20-18-10-3-4-11-19(18)21-14-5-2-6-15-21/h3-4,10-11,16-17,20H,2,5-9,12-15H2,1H3. The van der Waals surface area contributed by atoms with E-state index in [1.807, 2.05) is 0 Å². The number of piperidine rings is 1. The molecule has 0 bridgehead atoms. The van der Waals surface area contributed by atoms with Crippen LogP contribution in [0.4, 0.5) is 11.4 Å². The molecule has 0 radical (unpaired) electrons. The summed E-state index contributed by atoms with van der Waals surface area (Å²) in [6.45, 7) is 4.85. The molecule has 2 atom stereocenters. The van der Waals surface area contributed by atoms with Crippen LogP contribution in [0.2, 0.25) is 0 Å². The van der Waals surface area contributed by atoms with Gasteiger partial charge in [0.1, 0.15) is 0 Å². The largest absolute Gasteiger partial charge is 0.381 e. The molecule has 0 amide bonds. The average molecular weight is 286 g/mol. The molecule has 1 N–H and O–H groups in total. The Kier molecular flexibility index (Phi) is 5.05. The highest BCUT2D eigenvalue weighted by Gasteiger charge is 2.19. The van der Waals surface area contributed by atoms with E-state index >= 15 is 0 Å². The van der Waals surface area contributed by atoms with E-state index < -0.39 is 0 Å². The molecule has 0 spiro atoms. The quantitative estimate of drug-likeness (QED) is 0.781. The van der Waals surface area contributed by atoms with E-state index in [9.17, 15) is 0 Å². The van der Waals surface area contributed by atoms with E-state index in [0.29, 0.717) is 6.04 Å². The molecule has 2 fully saturated rings. The maximum absolute atomic E-state index is 3.87. The maximum atomic E-state index is 3.87. The number of hydrogen-bond donors (Lipinski definition) is 1. The lowest BCUT2D eigenvalue weighted by atomic mass is 10.0. The minimum absolute atomic E-state index is 0.667. The Morgan fingerprint density at radius 2 is 1.71 bits per heavy atom. The Balaban J connectivity index is 1.69. The highest BCUT2D eigenvalue weighted by Crippen LogP contribution is 2.31. The molecule has 21 heavy (non-hydrogen) atoms. The van der Waals surface area contributed by atoms with Gasteiger partial charge in [0.15, 0.2) is 0 Å². The van der Waals surface area contributed by atoms with Crippen molar-refractivity contribution in [3.05, 3.63) is 24.3 Å². The van der Waals surface area contributed by atoms with Gasteiger partial charge in [0.05, 0.1) is 11.4 Å². The highest BCUT2D eigenvalue weighted by atomic mass is 15.1. The van der Waals surface area contributed by atoms with Crippen LogP contribution < -0.4 is 10.2 Å². The molecule has 2 aliphatic rings. The fourth-order valence-electron chi connectivity index (χ4n) is 3.86. The molecule has 1 aromatic rings. The second-order valence-corrected chi connectivity index (χ2v) is 7.02. The number of para-hydroxylation sites is 2. The van der Waals surface area contributed by atoms with Crippen LogP contribution in [0.5, 0.6) is 0 Å². The minimum Gasteiger partial charge on any atom is -0.381 e. The molecule has 3 rings (SSSR count). The number of anilines is 2. The molecule has 116 valence electrons. The van der Waals surface area contributed by atoms with E-state index in [0.717, 1.165) is 5.92 Å². The fraction of sp³-hybridized carbons (Fsp3) is 0.684. The Morgan fingerprint density at radius 3 is 2.57 bits per heavy atom. The third-order valence-electron chi connectivity index (χ3n) is 5.22. The van der Waals surface area contributed by atoms with Crippen molar-refractivity contribution in [3.63, 3.8) is 0 Å². The van der Waals surface area contributed by atoms with Gasteiger partial charge in [0.2, 0.25) is 0 Å². The van der Waals surface area contributed by atoms with Gasteiger partial charge in [-0.05, 0) is 56.6 Å². The summed E-state index contributed by atoms with van der Waals surface area (Å²) in [5.41, 5.74) is 2.79. The zero-order valence-corrected chi connectivity index (χ0v) is 13.5. The van der Waals surface area contributed by atoms with Gasteiger partial charge in [0, 0.05) is 19.1 Å². The molecule has 1 aliphatic carbocycles. The van der Waals surface area contributed by atoms with E-state index in [1.165, 1.54) is 75.8 Å². The summed E-state index contributed by atoms with van der Waals surface area (Å²) < 4.78 is 0. The first-order valence-corrected chi connectivity index (χ1v) is 8.93. The Morgan fingerprint density at radius 1 is 0.905 bits per heavy atom. The first kappa shape index (κ1) is 14.7. The highest BCUT2D eigenvalue weighted by molar-refractivity contribution is 5.70. The minimum atomic E-state index is 0.667. The van der Waals surface area contributed by atoms with Crippen molar-refractivity contribution in [2.45, 2.75) is 64.3 Å². The Hall–Kier alpha value is -1.18. The third kappa shape index (κ3) is 3.93. The van der Waals surface area contributed by atoms with Gasteiger partial charge in [-0.25, -0.2) is 0 Å². The normalized spacial score (nSPS) is 27.2. The first-order chi connectivity index (χ1) is 10.3. The predicted octanol–water partition coefficient (Wildman–Crippen LogP) is 5.06. The van der Waals surface area contributed by atoms with Crippen LogP contribution in [0, 0.1) is 5.92 Å². The van der Waals surface area contributed by atoms with Gasteiger partial charge in [-0.1, -0.05) is 31.9 Å². The monoisotopic (exact) mass is 286 g/mol. The molecule has 2 heteroatoms. The van der Waals surface area contributed by atoms with E-state index in [-0.39, 0.29) is 0 Å². The summed E-state index contributed by atoms with van der Waals surface area (Å²) in [7, 11) is 0. The predicted molar refractivity (Wildman–Crippen MR) is 92.2 cm³/mol. The fourth-order valence-corrected chi connectivity index (χ4v) is 3.86. The second kappa shape index (κ2) is 7.20. The lowest BCUT2D eigenvalue weighted by molar-refractivity contribution is 0.502. The molecular weight excluding hydrogens is 256 g/mol. The molecule has 2 unspecified atom stereocenters. The Labute approximate surface area is 129 Å². The van der Waals surface area contributed by atoms with Crippen LogP contribution in [0.1, 0.15) is 58.3 Å². The second-order valence-electron chi connectivity index (χ2n) is 7.02. The molecule has 1 saturated heterocycles. The molecule has 1 heterocycles. The van der Waals surface area contributed by atoms with Crippen molar-refractivity contribution < 1.29 is 0 Å². The zero-order chi connectivity index (χ0) is 14.5. The van der Waals surface area contributed by atoms with Crippen LogP contribution in [0.25, 0.3) is 0 Å². The molecule has 1 saturated carbocycles. The van der Waals surface area contributed by atoms with Gasteiger partial charge >= 0.3 is 0 Å².